The van der Waals surface area contributed by atoms with Crippen molar-refractivity contribution in [1.82, 2.24) is 10.1 Å². The highest BCUT2D eigenvalue weighted by Gasteiger charge is 2.63. The molecule has 4 fully saturated rings. The summed E-state index contributed by atoms with van der Waals surface area (Å²) in [5.74, 6) is 0. The molecular formula is C26H48N2O2. The Morgan fingerprint density at radius 1 is 0.467 bits per heavy atom. The highest BCUT2D eigenvalue weighted by molar-refractivity contribution is 5.14. The molecular weight excluding hydrogens is 372 g/mol. The Labute approximate surface area is 185 Å². The predicted molar refractivity (Wildman–Crippen MR) is 122 cm³/mol. The lowest BCUT2D eigenvalue weighted by Gasteiger charge is -2.61. The summed E-state index contributed by atoms with van der Waals surface area (Å²) < 4.78 is 0. The average molecular weight is 421 g/mol. The topological polar surface area (TPSA) is 46.9 Å². The minimum Gasteiger partial charge on any atom is -0.313 e. The molecule has 0 radical (unpaired) electrons. The molecule has 0 unspecified atom stereocenters. The van der Waals surface area contributed by atoms with Crippen LogP contribution in [0.15, 0.2) is 0 Å². The summed E-state index contributed by atoms with van der Waals surface area (Å²) in [6.07, 6.45) is 13.9. The zero-order valence-corrected chi connectivity index (χ0v) is 21.1. The van der Waals surface area contributed by atoms with Gasteiger partial charge in [-0.2, -0.15) is 10.1 Å². The first-order valence-corrected chi connectivity index (χ1v) is 12.5. The third-order valence-electron chi connectivity index (χ3n) is 10.6. The third-order valence-corrected chi connectivity index (χ3v) is 10.6. The second-order valence-corrected chi connectivity index (χ2v) is 14.4. The van der Waals surface area contributed by atoms with Gasteiger partial charge in [0.2, 0.25) is 0 Å². The van der Waals surface area contributed by atoms with Crippen LogP contribution in [0.2, 0.25) is 0 Å². The van der Waals surface area contributed by atoms with Crippen molar-refractivity contribution in [2.24, 2.45) is 16.2 Å². The van der Waals surface area contributed by atoms with Gasteiger partial charge >= 0.3 is 0 Å². The molecule has 2 aliphatic heterocycles. The molecule has 0 aromatic heterocycles. The Bertz CT molecular complexity index is 655. The van der Waals surface area contributed by atoms with Crippen molar-refractivity contribution in [1.29, 1.82) is 0 Å². The van der Waals surface area contributed by atoms with Crippen LogP contribution >= 0.6 is 0 Å². The van der Waals surface area contributed by atoms with Gasteiger partial charge in [-0.15, -0.1) is 0 Å². The number of rotatable bonds is 0. The zero-order chi connectivity index (χ0) is 22.4. The Morgan fingerprint density at radius 3 is 1.23 bits per heavy atom. The van der Waals surface area contributed by atoms with E-state index >= 15 is 0 Å². The molecule has 0 amide bonds. The molecule has 0 bridgehead atoms. The molecule has 0 atom stereocenters. The lowest BCUT2D eigenvalue weighted by molar-refractivity contribution is -0.269. The van der Waals surface area contributed by atoms with Gasteiger partial charge in [0.25, 0.3) is 0 Å². The fourth-order valence-corrected chi connectivity index (χ4v) is 9.18. The van der Waals surface area contributed by atoms with Crippen molar-refractivity contribution in [3.8, 4) is 0 Å². The van der Waals surface area contributed by atoms with Gasteiger partial charge in [0, 0.05) is 22.2 Å². The summed E-state index contributed by atoms with van der Waals surface area (Å²) in [6, 6.07) is 0. The number of hydrogen-bond donors (Lipinski definition) is 2. The normalized spacial score (nSPS) is 35.8. The van der Waals surface area contributed by atoms with Crippen LogP contribution in [-0.2, 0) is 0 Å². The van der Waals surface area contributed by atoms with E-state index in [0.29, 0.717) is 10.8 Å². The fourth-order valence-electron chi connectivity index (χ4n) is 9.18. The van der Waals surface area contributed by atoms with Crippen LogP contribution in [0, 0.1) is 16.2 Å². The zero-order valence-electron chi connectivity index (χ0n) is 21.1. The van der Waals surface area contributed by atoms with Gasteiger partial charge in [-0.3, -0.25) is 0 Å². The maximum atomic E-state index is 10.9. The van der Waals surface area contributed by atoms with Crippen molar-refractivity contribution in [2.75, 3.05) is 0 Å². The van der Waals surface area contributed by atoms with E-state index in [9.17, 15) is 10.4 Å². The fraction of sp³-hybridized carbons (Fsp3) is 1.00. The lowest BCUT2D eigenvalue weighted by Crippen LogP contribution is -2.62. The van der Waals surface area contributed by atoms with Crippen molar-refractivity contribution < 1.29 is 10.4 Å². The molecule has 0 aromatic rings. The predicted octanol–water partition coefficient (Wildman–Crippen LogP) is 6.79. The van der Waals surface area contributed by atoms with E-state index in [1.54, 1.807) is 10.1 Å². The molecule has 2 heterocycles. The van der Waals surface area contributed by atoms with Gasteiger partial charge in [0.05, 0.1) is 0 Å². The van der Waals surface area contributed by atoms with E-state index in [1.807, 2.05) is 0 Å². The highest BCUT2D eigenvalue weighted by atomic mass is 16.5. The first-order valence-electron chi connectivity index (χ1n) is 12.5. The molecule has 4 nitrogen and oxygen atoms in total. The molecule has 2 aliphatic carbocycles. The molecule has 2 N–H and O–H groups in total. The number of hydrogen-bond acceptors (Lipinski definition) is 4. The second-order valence-electron chi connectivity index (χ2n) is 14.4. The van der Waals surface area contributed by atoms with Crippen LogP contribution in [0.5, 0.6) is 0 Å². The van der Waals surface area contributed by atoms with E-state index in [2.05, 4.69) is 55.4 Å². The smallest absolute Gasteiger partial charge is 0.0467 e. The summed E-state index contributed by atoms with van der Waals surface area (Å²) >= 11 is 0. The van der Waals surface area contributed by atoms with Gasteiger partial charge in [-0.1, -0.05) is 0 Å². The minimum atomic E-state index is -0.146. The van der Waals surface area contributed by atoms with E-state index < -0.39 is 0 Å². The van der Waals surface area contributed by atoms with Crippen molar-refractivity contribution in [3.05, 3.63) is 0 Å². The Balaban J connectivity index is 1.46. The van der Waals surface area contributed by atoms with Gasteiger partial charge in [-0.05, 0) is 142 Å². The first-order chi connectivity index (χ1) is 13.5. The lowest BCUT2D eigenvalue weighted by atomic mass is 9.49. The van der Waals surface area contributed by atoms with E-state index in [4.69, 9.17) is 0 Å². The van der Waals surface area contributed by atoms with Gasteiger partial charge in [-0.25, -0.2) is 0 Å². The van der Waals surface area contributed by atoms with E-state index in [-0.39, 0.29) is 27.6 Å². The molecule has 2 saturated heterocycles. The van der Waals surface area contributed by atoms with Crippen LogP contribution in [0.1, 0.15) is 126 Å². The quantitative estimate of drug-likeness (QED) is 0.453. The number of nitrogens with zero attached hydrogens (tertiary/aromatic N) is 2. The summed E-state index contributed by atoms with van der Waals surface area (Å²) in [6.45, 7) is 17.8. The summed E-state index contributed by atoms with van der Waals surface area (Å²) in [4.78, 5) is 0. The van der Waals surface area contributed by atoms with E-state index in [1.165, 1.54) is 51.4 Å². The molecule has 2 saturated carbocycles. The summed E-state index contributed by atoms with van der Waals surface area (Å²) in [5, 5.41) is 25.0. The van der Waals surface area contributed by atoms with Gasteiger partial charge in [0.15, 0.2) is 0 Å². The molecule has 30 heavy (non-hydrogen) atoms. The molecule has 4 heteroatoms. The Morgan fingerprint density at radius 2 is 0.833 bits per heavy atom. The van der Waals surface area contributed by atoms with Crippen molar-refractivity contribution in [2.45, 2.75) is 148 Å². The Kier molecular flexibility index (Phi) is 4.95. The summed E-state index contributed by atoms with van der Waals surface area (Å²) in [5.41, 5.74) is 0.598. The van der Waals surface area contributed by atoms with E-state index in [0.717, 1.165) is 19.3 Å². The number of piperidine rings is 1. The molecule has 0 aromatic carbocycles. The molecule has 3 spiro atoms. The molecule has 4 aliphatic rings. The summed E-state index contributed by atoms with van der Waals surface area (Å²) in [7, 11) is 0. The van der Waals surface area contributed by atoms with Gasteiger partial charge in [0.1, 0.15) is 0 Å². The van der Waals surface area contributed by atoms with Crippen LogP contribution < -0.4 is 0 Å². The van der Waals surface area contributed by atoms with Crippen LogP contribution in [0.4, 0.5) is 0 Å². The minimum absolute atomic E-state index is 0.125. The molecule has 174 valence electrons. The SMILES string of the molecule is CC1(C)CC2(CCC3(CC2)CCC2(CC3)CC(C)(C)N(O)C2(C)C)CC(C)(C)N1O. The molecule has 4 rings (SSSR count). The van der Waals surface area contributed by atoms with Crippen molar-refractivity contribution in [3.63, 3.8) is 0 Å². The van der Waals surface area contributed by atoms with Crippen LogP contribution in [0.25, 0.3) is 0 Å². The second kappa shape index (κ2) is 6.46. The maximum absolute atomic E-state index is 10.9. The van der Waals surface area contributed by atoms with Crippen molar-refractivity contribution >= 4 is 0 Å². The van der Waals surface area contributed by atoms with Crippen LogP contribution in [0.3, 0.4) is 0 Å². The Hall–Kier alpha value is -0.160. The average Bonchev–Trinajstić information content (AvgIpc) is 2.75. The van der Waals surface area contributed by atoms with Gasteiger partial charge < -0.3 is 10.4 Å². The standard InChI is InChI=1S/C26H48N2O2/c1-20(2)17-25(18-21(3,4)27(20)29)11-9-24(10-12-25)13-15-26(16-14-24)19-22(5,6)28(30)23(26,7)8/h29-30H,9-19H2,1-8H3. The largest absolute Gasteiger partial charge is 0.313 e. The first kappa shape index (κ1) is 23.0. The maximum Gasteiger partial charge on any atom is 0.0467 e. The number of hydroxylamine groups is 4. The third kappa shape index (κ3) is 3.23. The van der Waals surface area contributed by atoms with Crippen LogP contribution in [-0.4, -0.2) is 42.7 Å². The highest BCUT2D eigenvalue weighted by Crippen LogP contribution is 2.66. The monoisotopic (exact) mass is 420 g/mol.